The lowest BCUT2D eigenvalue weighted by Crippen LogP contribution is -2.19. The monoisotopic (exact) mass is 359 g/mol. The van der Waals surface area contributed by atoms with Gasteiger partial charge in [-0.25, -0.2) is 5.10 Å². The van der Waals surface area contributed by atoms with Crippen LogP contribution in [0.1, 0.15) is 49.1 Å². The first-order valence-electron chi connectivity index (χ1n) is 7.60. The fourth-order valence-electron chi connectivity index (χ4n) is 2.65. The molecule has 1 fully saturated rings. The average Bonchev–Trinajstić information content (AvgIpc) is 2.58. The third-order valence-electron chi connectivity index (χ3n) is 3.85. The number of aromatic amines is 1. The second-order valence-electron chi connectivity index (χ2n) is 5.54. The number of rotatable bonds is 1. The molecule has 3 rings (SSSR count). The lowest BCUT2D eigenvalue weighted by atomic mass is 9.85. The van der Waals surface area contributed by atoms with Crippen LogP contribution in [-0.2, 0) is 6.18 Å². The number of halogens is 4. The van der Waals surface area contributed by atoms with Crippen LogP contribution >= 0.6 is 11.6 Å². The Morgan fingerprint density at radius 2 is 1.75 bits per heavy atom. The molecule has 0 bridgehead atoms. The van der Waals surface area contributed by atoms with Gasteiger partial charge in [-0.05, 0) is 37.0 Å². The van der Waals surface area contributed by atoms with Gasteiger partial charge in [0, 0.05) is 18.0 Å². The summed E-state index contributed by atoms with van der Waals surface area (Å²) in [5, 5.41) is 6.47. The molecule has 0 amide bonds. The van der Waals surface area contributed by atoms with E-state index in [1.807, 2.05) is 0 Å². The molecule has 1 N–H and O–H groups in total. The molecular weight excluding hydrogens is 343 g/mol. The smallest absolute Gasteiger partial charge is 0.268 e. The molecule has 1 aliphatic carbocycles. The van der Waals surface area contributed by atoms with Crippen molar-refractivity contribution in [3.8, 4) is 0 Å². The Hall–Kier alpha value is -1.89. The van der Waals surface area contributed by atoms with Crippen LogP contribution in [-0.4, -0.2) is 15.2 Å². The number of H-pyrrole nitrogens is 1. The van der Waals surface area contributed by atoms with Gasteiger partial charge in [0.05, 0.1) is 5.56 Å². The molecular formula is C16H17ClF3N3O. The molecule has 8 heteroatoms. The minimum Gasteiger partial charge on any atom is -0.268 e. The van der Waals surface area contributed by atoms with Crippen molar-refractivity contribution in [2.45, 2.75) is 44.2 Å². The van der Waals surface area contributed by atoms with Crippen molar-refractivity contribution in [1.82, 2.24) is 15.2 Å². The molecule has 2 heterocycles. The highest BCUT2D eigenvalue weighted by molar-refractivity contribution is 6.29. The van der Waals surface area contributed by atoms with Gasteiger partial charge in [0.2, 0.25) is 0 Å². The average molecular weight is 360 g/mol. The van der Waals surface area contributed by atoms with E-state index < -0.39 is 11.7 Å². The van der Waals surface area contributed by atoms with Gasteiger partial charge in [-0.1, -0.05) is 30.9 Å². The van der Waals surface area contributed by atoms with E-state index >= 15 is 0 Å². The van der Waals surface area contributed by atoms with Crippen molar-refractivity contribution in [2.75, 3.05) is 0 Å². The molecule has 24 heavy (non-hydrogen) atoms. The minimum absolute atomic E-state index is 0.0821. The molecule has 0 saturated heterocycles. The topological polar surface area (TPSA) is 58.6 Å². The first kappa shape index (κ1) is 18.4. The van der Waals surface area contributed by atoms with Gasteiger partial charge >= 0.3 is 6.18 Å². The fourth-order valence-corrected chi connectivity index (χ4v) is 2.81. The zero-order chi connectivity index (χ0) is 17.6. The quantitative estimate of drug-likeness (QED) is 0.811. The molecule has 0 spiro atoms. The maximum atomic E-state index is 11.8. The highest BCUT2D eigenvalue weighted by Gasteiger charge is 2.29. The third kappa shape index (κ3) is 5.33. The van der Waals surface area contributed by atoms with E-state index in [2.05, 4.69) is 15.2 Å². The van der Waals surface area contributed by atoms with Crippen molar-refractivity contribution in [3.05, 3.63) is 57.2 Å². The standard InChI is InChI=1S/C10H13ClN2O.C6H4F3N/c11-9-6-8(10(14)13-12-9)7-4-2-1-3-5-7;7-6(8,9)5-1-3-10-4-2-5/h6-7H,1-5H2,(H,13,14);1-4H. The third-order valence-corrected chi connectivity index (χ3v) is 4.05. The van der Waals surface area contributed by atoms with Crippen LogP contribution in [0.2, 0.25) is 5.15 Å². The first-order valence-corrected chi connectivity index (χ1v) is 7.98. The van der Waals surface area contributed by atoms with E-state index in [1.54, 1.807) is 6.07 Å². The Morgan fingerprint density at radius 1 is 1.12 bits per heavy atom. The highest BCUT2D eigenvalue weighted by atomic mass is 35.5. The summed E-state index contributed by atoms with van der Waals surface area (Å²) >= 11 is 5.75. The van der Waals surface area contributed by atoms with Crippen molar-refractivity contribution < 1.29 is 13.2 Å². The predicted octanol–water partition coefficient (Wildman–Crippen LogP) is 4.57. The van der Waals surface area contributed by atoms with Gasteiger partial charge in [-0.3, -0.25) is 9.78 Å². The van der Waals surface area contributed by atoms with Gasteiger partial charge in [0.1, 0.15) is 5.15 Å². The maximum absolute atomic E-state index is 11.8. The largest absolute Gasteiger partial charge is 0.416 e. The number of alkyl halides is 3. The van der Waals surface area contributed by atoms with Crippen molar-refractivity contribution in [3.63, 3.8) is 0 Å². The summed E-state index contributed by atoms with van der Waals surface area (Å²) in [6.07, 6.45) is 3.89. The zero-order valence-electron chi connectivity index (χ0n) is 12.8. The van der Waals surface area contributed by atoms with Crippen molar-refractivity contribution in [1.29, 1.82) is 0 Å². The summed E-state index contributed by atoms with van der Waals surface area (Å²) in [7, 11) is 0. The SMILES string of the molecule is FC(F)(F)c1ccncc1.O=c1[nH]nc(Cl)cc1C1CCCCC1. The molecule has 2 aromatic rings. The number of aromatic nitrogens is 3. The predicted molar refractivity (Wildman–Crippen MR) is 84.9 cm³/mol. The van der Waals surface area contributed by atoms with Crippen molar-refractivity contribution >= 4 is 11.6 Å². The summed E-state index contributed by atoms with van der Waals surface area (Å²) in [5.41, 5.74) is 0.0634. The van der Waals surface area contributed by atoms with E-state index in [9.17, 15) is 18.0 Å². The number of nitrogens with zero attached hydrogens (tertiary/aromatic N) is 2. The van der Waals surface area contributed by atoms with Crippen LogP contribution < -0.4 is 5.56 Å². The van der Waals surface area contributed by atoms with E-state index in [-0.39, 0.29) is 5.56 Å². The number of pyridine rings is 1. The molecule has 4 nitrogen and oxygen atoms in total. The van der Waals surface area contributed by atoms with Gasteiger partial charge in [-0.15, -0.1) is 0 Å². The van der Waals surface area contributed by atoms with Crippen LogP contribution in [0.4, 0.5) is 13.2 Å². The van der Waals surface area contributed by atoms with E-state index in [1.165, 1.54) is 19.3 Å². The molecule has 0 aromatic carbocycles. The highest BCUT2D eigenvalue weighted by Crippen LogP contribution is 2.31. The Balaban J connectivity index is 0.000000185. The summed E-state index contributed by atoms with van der Waals surface area (Å²) in [5.74, 6) is 0.382. The maximum Gasteiger partial charge on any atom is 0.416 e. The van der Waals surface area contributed by atoms with Crippen LogP contribution in [0, 0.1) is 0 Å². The Bertz CT molecular complexity index is 698. The zero-order valence-corrected chi connectivity index (χ0v) is 13.6. The summed E-state index contributed by atoms with van der Waals surface area (Å²) < 4.78 is 35.3. The number of hydrogen-bond donors (Lipinski definition) is 1. The molecule has 0 unspecified atom stereocenters. The lowest BCUT2D eigenvalue weighted by Gasteiger charge is -2.20. The van der Waals surface area contributed by atoms with Crippen LogP contribution in [0.5, 0.6) is 0 Å². The van der Waals surface area contributed by atoms with Crippen LogP contribution in [0.15, 0.2) is 35.4 Å². The van der Waals surface area contributed by atoms with Crippen molar-refractivity contribution in [2.24, 2.45) is 0 Å². The summed E-state index contributed by atoms with van der Waals surface area (Å²) in [4.78, 5) is 15.0. The number of nitrogens with one attached hydrogen (secondary N) is 1. The molecule has 2 aromatic heterocycles. The van der Waals surface area contributed by atoms with Gasteiger partial charge < -0.3 is 0 Å². The molecule has 1 aliphatic rings. The minimum atomic E-state index is -4.25. The van der Waals surface area contributed by atoms with E-state index in [0.29, 0.717) is 11.1 Å². The number of hydrogen-bond acceptors (Lipinski definition) is 3. The van der Waals surface area contributed by atoms with Crippen LogP contribution in [0.3, 0.4) is 0 Å². The van der Waals surface area contributed by atoms with E-state index in [0.717, 1.165) is 42.9 Å². The van der Waals surface area contributed by atoms with E-state index in [4.69, 9.17) is 11.6 Å². The van der Waals surface area contributed by atoms with Gasteiger partial charge in [0.15, 0.2) is 0 Å². The van der Waals surface area contributed by atoms with Crippen LogP contribution in [0.25, 0.3) is 0 Å². The Morgan fingerprint density at radius 3 is 2.29 bits per heavy atom. The summed E-state index contributed by atoms with van der Waals surface area (Å²) in [6.45, 7) is 0. The fraction of sp³-hybridized carbons (Fsp3) is 0.438. The van der Waals surface area contributed by atoms with Gasteiger partial charge in [-0.2, -0.15) is 18.3 Å². The molecule has 130 valence electrons. The molecule has 0 aliphatic heterocycles. The molecule has 0 radical (unpaired) electrons. The molecule has 1 saturated carbocycles. The Kier molecular flexibility index (Phi) is 6.36. The lowest BCUT2D eigenvalue weighted by molar-refractivity contribution is -0.137. The second-order valence-corrected chi connectivity index (χ2v) is 5.93. The Labute approximate surface area is 142 Å². The molecule has 0 atom stereocenters. The van der Waals surface area contributed by atoms with Gasteiger partial charge in [0.25, 0.3) is 5.56 Å². The first-order chi connectivity index (χ1) is 11.4. The second kappa shape index (κ2) is 8.28. The summed E-state index contributed by atoms with van der Waals surface area (Å²) in [6, 6.07) is 3.57. The normalized spacial score (nSPS) is 15.5.